The minimum atomic E-state index is -0.655. The van der Waals surface area contributed by atoms with E-state index in [-0.39, 0.29) is 23.5 Å². The average molecular weight is 580 g/mol. The van der Waals surface area contributed by atoms with Gasteiger partial charge >= 0.3 is 0 Å². The van der Waals surface area contributed by atoms with Crippen LogP contribution in [0.25, 0.3) is 6.08 Å². The number of methoxy groups -OCH3 is 2. The summed E-state index contributed by atoms with van der Waals surface area (Å²) in [6.07, 6.45) is 6.42. The Kier molecular flexibility index (Phi) is 10.8. The van der Waals surface area contributed by atoms with Crippen LogP contribution in [-0.2, 0) is 16.0 Å². The number of benzene rings is 2. The van der Waals surface area contributed by atoms with Crippen LogP contribution in [0.15, 0.2) is 53.6 Å². The highest BCUT2D eigenvalue weighted by atomic mass is 35.5. The Balaban J connectivity index is 1.56. The van der Waals surface area contributed by atoms with Crippen LogP contribution in [0.4, 0.5) is 0 Å². The van der Waals surface area contributed by atoms with Crippen LogP contribution in [0.2, 0.25) is 10.0 Å². The molecule has 2 aromatic carbocycles. The molecule has 1 saturated heterocycles. The molecule has 1 fully saturated rings. The van der Waals surface area contributed by atoms with Gasteiger partial charge in [0.05, 0.1) is 30.3 Å². The Hall–Kier alpha value is -2.81. The molecule has 2 N–H and O–H groups in total. The van der Waals surface area contributed by atoms with Gasteiger partial charge in [0.15, 0.2) is 11.5 Å². The zero-order valence-electron chi connectivity index (χ0n) is 21.6. The fourth-order valence-electron chi connectivity index (χ4n) is 4.25. The number of halogens is 2. The second kappa shape index (κ2) is 13.8. The number of likely N-dealkylation sites (tertiary alicyclic amines) is 1. The third-order valence-electron chi connectivity index (χ3n) is 6.49. The number of aliphatic hydroxyl groups is 1. The Labute approximate surface area is 237 Å². The third kappa shape index (κ3) is 7.40. The van der Waals surface area contributed by atoms with E-state index in [2.05, 4.69) is 11.9 Å². The van der Waals surface area contributed by atoms with Crippen molar-refractivity contribution in [2.45, 2.75) is 30.2 Å². The molecular weight excluding hydrogens is 547 g/mol. The van der Waals surface area contributed by atoms with Crippen molar-refractivity contribution < 1.29 is 24.2 Å². The highest BCUT2D eigenvalue weighted by Crippen LogP contribution is 2.35. The van der Waals surface area contributed by atoms with E-state index in [4.69, 9.17) is 32.7 Å². The maximum Gasteiger partial charge on any atom is 0.246 e. The molecule has 0 unspecified atom stereocenters. The molecular formula is C28H32Cl2N2O5S. The first-order valence-electron chi connectivity index (χ1n) is 12.1. The molecule has 3 rings (SSSR count). The van der Waals surface area contributed by atoms with Crippen molar-refractivity contribution in [3.63, 3.8) is 0 Å². The van der Waals surface area contributed by atoms with Gasteiger partial charge in [-0.05, 0) is 60.9 Å². The summed E-state index contributed by atoms with van der Waals surface area (Å²) >= 11 is 14.1. The van der Waals surface area contributed by atoms with Crippen molar-refractivity contribution in [3.05, 3.63) is 69.9 Å². The molecule has 1 aliphatic rings. The number of nitrogens with zero attached hydrogens (tertiary/aromatic N) is 1. The highest BCUT2D eigenvalue weighted by molar-refractivity contribution is 7.98. The molecule has 0 saturated carbocycles. The van der Waals surface area contributed by atoms with Gasteiger partial charge in [-0.2, -0.15) is 0 Å². The summed E-state index contributed by atoms with van der Waals surface area (Å²) in [6.45, 7) is 4.53. The summed E-state index contributed by atoms with van der Waals surface area (Å²) < 4.78 is 10.6. The van der Waals surface area contributed by atoms with Crippen molar-refractivity contribution in [3.8, 4) is 11.5 Å². The molecule has 0 aromatic heterocycles. The SMILES string of the molecule is C=C(O)[C@H](Cc1ccc(OC)c(OC)c1)NC(=O)C1CCN(C(=O)/C=C/c2ccc(SC)c(Cl)c2Cl)CC1. The second-order valence-corrected chi connectivity index (χ2v) is 10.5. The third-order valence-corrected chi connectivity index (χ3v) is 8.27. The fraction of sp³-hybridized carbons (Fsp3) is 0.357. The Bertz CT molecular complexity index is 1210. The molecule has 7 nitrogen and oxygen atoms in total. The molecule has 38 heavy (non-hydrogen) atoms. The summed E-state index contributed by atoms with van der Waals surface area (Å²) in [4.78, 5) is 28.3. The summed E-state index contributed by atoms with van der Waals surface area (Å²) in [7, 11) is 3.10. The van der Waals surface area contributed by atoms with Crippen molar-refractivity contribution in [1.82, 2.24) is 10.2 Å². The molecule has 2 amide bonds. The number of thioether (sulfide) groups is 1. The minimum absolute atomic E-state index is 0.129. The molecule has 0 aliphatic carbocycles. The zero-order valence-corrected chi connectivity index (χ0v) is 24.0. The average Bonchev–Trinajstić information content (AvgIpc) is 2.93. The molecule has 1 heterocycles. The number of hydrogen-bond acceptors (Lipinski definition) is 6. The summed E-state index contributed by atoms with van der Waals surface area (Å²) in [5.74, 6) is 0.421. The monoisotopic (exact) mass is 578 g/mol. The molecule has 1 atom stereocenters. The van der Waals surface area contributed by atoms with Crippen molar-refractivity contribution >= 4 is 52.9 Å². The molecule has 1 aliphatic heterocycles. The van der Waals surface area contributed by atoms with Gasteiger partial charge < -0.3 is 24.8 Å². The number of rotatable bonds is 10. The summed E-state index contributed by atoms with van der Waals surface area (Å²) in [5, 5.41) is 13.9. The minimum Gasteiger partial charge on any atom is -0.511 e. The molecule has 0 radical (unpaired) electrons. The van der Waals surface area contributed by atoms with Gasteiger partial charge in [-0.15, -0.1) is 11.8 Å². The topological polar surface area (TPSA) is 88.1 Å². The van der Waals surface area contributed by atoms with Crippen LogP contribution >= 0.6 is 35.0 Å². The van der Waals surface area contributed by atoms with E-state index < -0.39 is 6.04 Å². The summed E-state index contributed by atoms with van der Waals surface area (Å²) in [5.41, 5.74) is 1.52. The fourth-order valence-corrected chi connectivity index (χ4v) is 5.42. The maximum atomic E-state index is 13.0. The maximum absolute atomic E-state index is 13.0. The lowest BCUT2D eigenvalue weighted by Crippen LogP contribution is -2.46. The van der Waals surface area contributed by atoms with Gasteiger partial charge in [0.25, 0.3) is 0 Å². The molecule has 204 valence electrons. The van der Waals surface area contributed by atoms with Crippen LogP contribution in [0.1, 0.15) is 24.0 Å². The van der Waals surface area contributed by atoms with Crippen LogP contribution in [0.5, 0.6) is 11.5 Å². The number of piperidine rings is 1. The van der Waals surface area contributed by atoms with E-state index in [1.54, 1.807) is 37.3 Å². The first kappa shape index (κ1) is 29.7. The smallest absolute Gasteiger partial charge is 0.246 e. The predicted molar refractivity (Wildman–Crippen MR) is 154 cm³/mol. The highest BCUT2D eigenvalue weighted by Gasteiger charge is 2.28. The van der Waals surface area contributed by atoms with Gasteiger partial charge in [0.2, 0.25) is 11.8 Å². The molecule has 2 aromatic rings. The lowest BCUT2D eigenvalue weighted by Gasteiger charge is -2.31. The number of nitrogens with one attached hydrogen (secondary N) is 1. The zero-order chi connectivity index (χ0) is 27.8. The number of carbonyl (C=O) groups is 2. The normalized spacial score (nSPS) is 14.8. The molecule has 10 heteroatoms. The van der Waals surface area contributed by atoms with Crippen LogP contribution in [0, 0.1) is 5.92 Å². The van der Waals surface area contributed by atoms with E-state index in [0.29, 0.717) is 59.5 Å². The van der Waals surface area contributed by atoms with E-state index in [0.717, 1.165) is 10.5 Å². The Morgan fingerprint density at radius 2 is 1.84 bits per heavy atom. The van der Waals surface area contributed by atoms with Gasteiger partial charge in [-0.25, -0.2) is 0 Å². The van der Waals surface area contributed by atoms with Gasteiger partial charge in [-0.3, -0.25) is 9.59 Å². The number of ether oxygens (including phenoxy) is 2. The first-order chi connectivity index (χ1) is 18.2. The lowest BCUT2D eigenvalue weighted by molar-refractivity contribution is -0.132. The van der Waals surface area contributed by atoms with Crippen molar-refractivity contribution in [1.29, 1.82) is 0 Å². The number of aliphatic hydroxyl groups excluding tert-OH is 1. The first-order valence-corrected chi connectivity index (χ1v) is 14.0. The van der Waals surface area contributed by atoms with E-state index in [1.165, 1.54) is 17.8 Å². The molecule has 0 bridgehead atoms. The van der Waals surface area contributed by atoms with Crippen LogP contribution < -0.4 is 14.8 Å². The number of hydrogen-bond donors (Lipinski definition) is 2. The van der Waals surface area contributed by atoms with E-state index in [1.807, 2.05) is 24.5 Å². The largest absolute Gasteiger partial charge is 0.511 e. The molecule has 0 spiro atoms. The Morgan fingerprint density at radius 3 is 2.45 bits per heavy atom. The lowest BCUT2D eigenvalue weighted by atomic mass is 9.94. The summed E-state index contributed by atoms with van der Waals surface area (Å²) in [6, 6.07) is 8.46. The van der Waals surface area contributed by atoms with E-state index >= 15 is 0 Å². The van der Waals surface area contributed by atoms with Gasteiger partial charge in [-0.1, -0.05) is 41.9 Å². The van der Waals surface area contributed by atoms with Gasteiger partial charge in [0, 0.05) is 30.0 Å². The van der Waals surface area contributed by atoms with Gasteiger partial charge in [0.1, 0.15) is 5.76 Å². The predicted octanol–water partition coefficient (Wildman–Crippen LogP) is 5.78. The number of carbonyl (C=O) groups excluding carboxylic acids is 2. The second-order valence-electron chi connectivity index (χ2n) is 8.86. The Morgan fingerprint density at radius 1 is 1.16 bits per heavy atom. The van der Waals surface area contributed by atoms with E-state index in [9.17, 15) is 14.7 Å². The van der Waals surface area contributed by atoms with Crippen LogP contribution in [0.3, 0.4) is 0 Å². The standard InChI is InChI=1S/C28H32Cl2N2O5S/c1-17(33)21(15-18-5-8-22(36-2)23(16-18)37-3)31-28(35)20-11-13-32(14-12-20)25(34)10-7-19-6-9-24(38-4)27(30)26(19)29/h5-10,16,20-21,33H,1,11-15H2,2-4H3,(H,31,35)/b10-7+/t21-/m0/s1. The van der Waals surface area contributed by atoms with Crippen molar-refractivity contribution in [2.75, 3.05) is 33.6 Å². The quantitative estimate of drug-likeness (QED) is 0.211. The van der Waals surface area contributed by atoms with Crippen molar-refractivity contribution in [2.24, 2.45) is 5.92 Å². The van der Waals surface area contributed by atoms with Crippen LogP contribution in [-0.4, -0.2) is 61.4 Å². The number of amides is 2.